The number of carbonyl (C=O) groups is 4. The maximum absolute atomic E-state index is 13.1. The summed E-state index contributed by atoms with van der Waals surface area (Å²) < 4.78 is 20.2. The normalized spacial score (nSPS) is 11.2. The molecule has 0 radical (unpaired) electrons. The second kappa shape index (κ2) is 15.9. The van der Waals surface area contributed by atoms with Crippen molar-refractivity contribution in [3.63, 3.8) is 0 Å². The number of ether oxygens (including phenoxy) is 4. The lowest BCUT2D eigenvalue weighted by Gasteiger charge is -2.20. The fourth-order valence-corrected chi connectivity index (χ4v) is 3.72. The Kier molecular flexibility index (Phi) is 12.6. The average Bonchev–Trinajstić information content (AvgIpc) is 2.93. The first-order chi connectivity index (χ1) is 18.3. The molecular formula is C28H36N2O8. The molecule has 2 amide bonds. The molecule has 10 nitrogen and oxygen atoms in total. The first kappa shape index (κ1) is 30.1. The van der Waals surface area contributed by atoms with Crippen molar-refractivity contribution in [3.8, 4) is 11.5 Å². The van der Waals surface area contributed by atoms with Gasteiger partial charge >= 0.3 is 11.9 Å². The Morgan fingerprint density at radius 3 is 2.37 bits per heavy atom. The number of rotatable bonds is 15. The third-order valence-electron chi connectivity index (χ3n) is 5.74. The molecule has 0 fully saturated rings. The van der Waals surface area contributed by atoms with Crippen molar-refractivity contribution in [2.45, 2.75) is 45.1 Å². The third-order valence-corrected chi connectivity index (χ3v) is 5.74. The molecule has 0 aromatic heterocycles. The average molecular weight is 529 g/mol. The molecule has 2 N–H and O–H groups in total. The number of unbranched alkanes of at least 4 members (excludes halogenated alkanes) is 2. The van der Waals surface area contributed by atoms with Crippen LogP contribution in [0, 0.1) is 0 Å². The zero-order valence-electron chi connectivity index (χ0n) is 22.3. The van der Waals surface area contributed by atoms with Gasteiger partial charge in [0.2, 0.25) is 11.8 Å². The number of hydrogen-bond donors (Lipinski definition) is 2. The standard InChI is InChI=1S/C28H36N2O8/c1-5-6-9-14-29-27(33)22(30-25(31)17-20-10-7-8-11-23(20)35-2)16-19-12-13-24(38-18-26(32)36-3)21(15-19)28(34)37-4/h7-8,10-13,15,22H,5-6,9,14,16-18H2,1-4H3,(H,29,33)(H,30,31)/t22-/m1/s1. The van der Waals surface area contributed by atoms with E-state index in [1.807, 2.05) is 6.07 Å². The lowest BCUT2D eigenvalue weighted by Crippen LogP contribution is -2.48. The fraction of sp³-hybridized carbons (Fsp3) is 0.429. The minimum absolute atomic E-state index is 0.0251. The van der Waals surface area contributed by atoms with Crippen molar-refractivity contribution in [1.82, 2.24) is 10.6 Å². The van der Waals surface area contributed by atoms with Crippen LogP contribution in [0.2, 0.25) is 0 Å². The molecule has 38 heavy (non-hydrogen) atoms. The van der Waals surface area contributed by atoms with Crippen molar-refractivity contribution in [1.29, 1.82) is 0 Å². The Balaban J connectivity index is 2.25. The highest BCUT2D eigenvalue weighted by Crippen LogP contribution is 2.23. The Morgan fingerprint density at radius 1 is 0.921 bits per heavy atom. The smallest absolute Gasteiger partial charge is 0.343 e. The second-order valence-corrected chi connectivity index (χ2v) is 8.50. The van der Waals surface area contributed by atoms with Crippen LogP contribution in [0.25, 0.3) is 0 Å². The predicted molar refractivity (Wildman–Crippen MR) is 140 cm³/mol. The predicted octanol–water partition coefficient (Wildman–Crippen LogP) is 2.61. The van der Waals surface area contributed by atoms with E-state index in [2.05, 4.69) is 22.3 Å². The molecule has 10 heteroatoms. The van der Waals surface area contributed by atoms with Gasteiger partial charge in [0.25, 0.3) is 0 Å². The summed E-state index contributed by atoms with van der Waals surface area (Å²) in [5, 5.41) is 5.70. The van der Waals surface area contributed by atoms with Crippen molar-refractivity contribution in [3.05, 3.63) is 59.2 Å². The number of benzene rings is 2. The molecule has 206 valence electrons. The Morgan fingerprint density at radius 2 is 1.68 bits per heavy atom. The van der Waals surface area contributed by atoms with Crippen LogP contribution >= 0.6 is 0 Å². The SMILES string of the molecule is CCCCCNC(=O)[C@@H](Cc1ccc(OCC(=O)OC)c(C(=O)OC)c1)NC(=O)Cc1ccccc1OC. The number of amides is 2. The number of nitrogens with one attached hydrogen (secondary N) is 2. The van der Waals surface area contributed by atoms with Gasteiger partial charge in [-0.3, -0.25) is 9.59 Å². The summed E-state index contributed by atoms with van der Waals surface area (Å²) in [6.45, 7) is 2.17. The van der Waals surface area contributed by atoms with Gasteiger partial charge in [-0.05, 0) is 30.2 Å². The molecule has 0 spiro atoms. The fourth-order valence-electron chi connectivity index (χ4n) is 3.72. The molecule has 0 aliphatic rings. The Bertz CT molecular complexity index is 1100. The molecule has 0 bridgehead atoms. The van der Waals surface area contributed by atoms with Crippen LogP contribution in [-0.4, -0.2) is 64.3 Å². The monoisotopic (exact) mass is 528 g/mol. The topological polar surface area (TPSA) is 129 Å². The van der Waals surface area contributed by atoms with Crippen LogP contribution in [0.15, 0.2) is 42.5 Å². The highest BCUT2D eigenvalue weighted by atomic mass is 16.6. The summed E-state index contributed by atoms with van der Waals surface area (Å²) in [6, 6.07) is 11.0. The largest absolute Gasteiger partial charge is 0.496 e. The van der Waals surface area contributed by atoms with E-state index in [1.165, 1.54) is 33.5 Å². The van der Waals surface area contributed by atoms with Crippen LogP contribution in [0.5, 0.6) is 11.5 Å². The molecule has 0 unspecified atom stereocenters. The van der Waals surface area contributed by atoms with Crippen molar-refractivity contribution in [2.24, 2.45) is 0 Å². The molecule has 2 aromatic rings. The number of para-hydroxylation sites is 1. The van der Waals surface area contributed by atoms with Gasteiger partial charge in [0.1, 0.15) is 23.1 Å². The van der Waals surface area contributed by atoms with Crippen molar-refractivity contribution in [2.75, 3.05) is 34.5 Å². The van der Waals surface area contributed by atoms with Crippen LogP contribution in [0.4, 0.5) is 0 Å². The molecule has 2 rings (SSSR count). The molecule has 0 saturated heterocycles. The van der Waals surface area contributed by atoms with Gasteiger partial charge in [0.15, 0.2) is 6.61 Å². The van der Waals surface area contributed by atoms with Crippen LogP contribution in [-0.2, 0) is 36.7 Å². The van der Waals surface area contributed by atoms with Gasteiger partial charge in [0, 0.05) is 18.5 Å². The van der Waals surface area contributed by atoms with E-state index in [1.54, 1.807) is 24.3 Å². The third kappa shape index (κ3) is 9.42. The number of esters is 2. The first-order valence-corrected chi connectivity index (χ1v) is 12.4. The molecule has 0 saturated carbocycles. The molecule has 1 atom stereocenters. The lowest BCUT2D eigenvalue weighted by atomic mass is 10.0. The summed E-state index contributed by atoms with van der Waals surface area (Å²) in [4.78, 5) is 49.8. The quantitative estimate of drug-likeness (QED) is 0.267. The number of methoxy groups -OCH3 is 3. The summed E-state index contributed by atoms with van der Waals surface area (Å²) in [7, 11) is 3.98. The zero-order valence-corrected chi connectivity index (χ0v) is 22.3. The van der Waals surface area contributed by atoms with E-state index in [4.69, 9.17) is 14.2 Å². The van der Waals surface area contributed by atoms with Crippen molar-refractivity contribution < 1.29 is 38.1 Å². The summed E-state index contributed by atoms with van der Waals surface area (Å²) in [6.07, 6.45) is 2.94. The zero-order chi connectivity index (χ0) is 27.9. The van der Waals surface area contributed by atoms with Crippen LogP contribution < -0.4 is 20.1 Å². The maximum atomic E-state index is 13.1. The van der Waals surface area contributed by atoms with Crippen LogP contribution in [0.3, 0.4) is 0 Å². The summed E-state index contributed by atoms with van der Waals surface area (Å²) in [5.41, 5.74) is 1.35. The number of carbonyl (C=O) groups excluding carboxylic acids is 4. The molecule has 2 aromatic carbocycles. The molecular weight excluding hydrogens is 492 g/mol. The van der Waals surface area contributed by atoms with E-state index in [9.17, 15) is 19.2 Å². The molecule has 0 heterocycles. The summed E-state index contributed by atoms with van der Waals surface area (Å²) >= 11 is 0. The Labute approximate surface area is 223 Å². The number of hydrogen-bond acceptors (Lipinski definition) is 8. The van der Waals surface area contributed by atoms with Gasteiger partial charge in [-0.1, -0.05) is 44.0 Å². The Hall–Kier alpha value is -4.08. The van der Waals surface area contributed by atoms with Crippen LogP contribution in [0.1, 0.15) is 47.7 Å². The van der Waals surface area contributed by atoms with Crippen molar-refractivity contribution >= 4 is 23.8 Å². The van der Waals surface area contributed by atoms with Gasteiger partial charge < -0.3 is 29.6 Å². The van der Waals surface area contributed by atoms with E-state index >= 15 is 0 Å². The highest BCUT2D eigenvalue weighted by molar-refractivity contribution is 5.93. The van der Waals surface area contributed by atoms with Gasteiger partial charge in [-0.15, -0.1) is 0 Å². The van der Waals surface area contributed by atoms with Gasteiger partial charge in [-0.2, -0.15) is 0 Å². The summed E-state index contributed by atoms with van der Waals surface area (Å²) in [5.74, 6) is -1.26. The van der Waals surface area contributed by atoms with Gasteiger partial charge in [0.05, 0.1) is 27.8 Å². The molecule has 0 aliphatic carbocycles. The second-order valence-electron chi connectivity index (χ2n) is 8.50. The minimum atomic E-state index is -0.897. The first-order valence-electron chi connectivity index (χ1n) is 12.4. The van der Waals surface area contributed by atoms with E-state index in [0.29, 0.717) is 23.4 Å². The highest BCUT2D eigenvalue weighted by Gasteiger charge is 2.23. The van der Waals surface area contributed by atoms with Gasteiger partial charge in [-0.25, -0.2) is 9.59 Å². The van der Waals surface area contributed by atoms with E-state index in [-0.39, 0.29) is 42.6 Å². The lowest BCUT2D eigenvalue weighted by molar-refractivity contribution is -0.143. The van der Waals surface area contributed by atoms with E-state index in [0.717, 1.165) is 19.3 Å². The maximum Gasteiger partial charge on any atom is 0.343 e. The van der Waals surface area contributed by atoms with E-state index < -0.39 is 18.0 Å². The minimum Gasteiger partial charge on any atom is -0.496 e. The molecule has 0 aliphatic heterocycles.